The molecule has 1 aliphatic rings. The standard InChI is InChI=1S/C18H19NO2/c1-2-19(14-8-4-3-5-9-14)15-12-17(20)16-10-6-7-11-18(16)21-13-15/h3-11,15H,2,12-13H2,1H3. The summed E-state index contributed by atoms with van der Waals surface area (Å²) in [6.07, 6.45) is 0.486. The predicted octanol–water partition coefficient (Wildman–Crippen LogP) is 3.55. The molecule has 1 unspecified atom stereocenters. The number of nitrogens with zero attached hydrogens (tertiary/aromatic N) is 1. The number of Topliss-reactive ketones (excluding diaryl/α,β-unsaturated/α-hetero) is 1. The van der Waals surface area contributed by atoms with E-state index in [-0.39, 0.29) is 11.8 Å². The highest BCUT2D eigenvalue weighted by Crippen LogP contribution is 2.27. The van der Waals surface area contributed by atoms with Gasteiger partial charge in [0.15, 0.2) is 5.78 Å². The summed E-state index contributed by atoms with van der Waals surface area (Å²) in [7, 11) is 0. The summed E-state index contributed by atoms with van der Waals surface area (Å²) >= 11 is 0. The number of rotatable bonds is 3. The van der Waals surface area contributed by atoms with Crippen LogP contribution in [0.1, 0.15) is 23.7 Å². The highest BCUT2D eigenvalue weighted by atomic mass is 16.5. The first-order valence-electron chi connectivity index (χ1n) is 7.36. The van der Waals surface area contributed by atoms with Crippen LogP contribution in [0.4, 0.5) is 5.69 Å². The van der Waals surface area contributed by atoms with Crippen LogP contribution in [0.15, 0.2) is 54.6 Å². The average molecular weight is 281 g/mol. The maximum Gasteiger partial charge on any atom is 0.168 e. The number of likely N-dealkylation sites (N-methyl/N-ethyl adjacent to an activating group) is 1. The van der Waals surface area contributed by atoms with Crippen molar-refractivity contribution in [3.05, 3.63) is 60.2 Å². The molecule has 0 radical (unpaired) electrons. The first-order chi connectivity index (χ1) is 10.3. The van der Waals surface area contributed by atoms with Gasteiger partial charge in [-0.25, -0.2) is 0 Å². The molecule has 0 aliphatic carbocycles. The molecule has 2 aromatic rings. The van der Waals surface area contributed by atoms with Gasteiger partial charge < -0.3 is 9.64 Å². The van der Waals surface area contributed by atoms with E-state index in [0.717, 1.165) is 12.2 Å². The van der Waals surface area contributed by atoms with E-state index in [1.807, 2.05) is 42.5 Å². The van der Waals surface area contributed by atoms with Crippen molar-refractivity contribution < 1.29 is 9.53 Å². The van der Waals surface area contributed by atoms with Crippen LogP contribution in [0.2, 0.25) is 0 Å². The van der Waals surface area contributed by atoms with E-state index in [2.05, 4.69) is 24.0 Å². The molecule has 0 saturated heterocycles. The fraction of sp³-hybridized carbons (Fsp3) is 0.278. The second-order valence-electron chi connectivity index (χ2n) is 5.21. The Balaban J connectivity index is 1.86. The molecule has 3 rings (SSSR count). The van der Waals surface area contributed by atoms with Gasteiger partial charge in [0.05, 0.1) is 11.6 Å². The van der Waals surface area contributed by atoms with Gasteiger partial charge in [0, 0.05) is 18.7 Å². The highest BCUT2D eigenvalue weighted by Gasteiger charge is 2.27. The zero-order valence-electron chi connectivity index (χ0n) is 12.2. The number of hydrogen-bond donors (Lipinski definition) is 0. The van der Waals surface area contributed by atoms with Crippen molar-refractivity contribution >= 4 is 11.5 Å². The van der Waals surface area contributed by atoms with Gasteiger partial charge in [0.1, 0.15) is 12.4 Å². The van der Waals surface area contributed by atoms with Crippen LogP contribution in [0, 0.1) is 0 Å². The molecule has 0 amide bonds. The van der Waals surface area contributed by atoms with Gasteiger partial charge in [-0.3, -0.25) is 4.79 Å². The first kappa shape index (κ1) is 13.7. The molecule has 0 spiro atoms. The van der Waals surface area contributed by atoms with Crippen LogP contribution in [-0.4, -0.2) is 25.0 Å². The SMILES string of the molecule is CCN(c1ccccc1)C1COc2ccccc2C(=O)C1. The number of benzene rings is 2. The number of carbonyl (C=O) groups excluding carboxylic acids is 1. The smallest absolute Gasteiger partial charge is 0.168 e. The quantitative estimate of drug-likeness (QED) is 0.861. The third kappa shape index (κ3) is 2.77. The summed E-state index contributed by atoms with van der Waals surface area (Å²) in [4.78, 5) is 14.7. The van der Waals surface area contributed by atoms with Gasteiger partial charge in [-0.15, -0.1) is 0 Å². The minimum absolute atomic E-state index is 0.0669. The summed E-state index contributed by atoms with van der Waals surface area (Å²) in [5.41, 5.74) is 1.83. The molecule has 2 aromatic carbocycles. The molecule has 0 saturated carbocycles. The molecule has 0 N–H and O–H groups in total. The van der Waals surface area contributed by atoms with E-state index < -0.39 is 0 Å². The minimum atomic E-state index is 0.0669. The molecular weight excluding hydrogens is 262 g/mol. The van der Waals surface area contributed by atoms with Crippen molar-refractivity contribution in [2.24, 2.45) is 0 Å². The lowest BCUT2D eigenvalue weighted by Gasteiger charge is -2.31. The van der Waals surface area contributed by atoms with Crippen LogP contribution in [0.25, 0.3) is 0 Å². The Morgan fingerprint density at radius 1 is 1.10 bits per heavy atom. The molecule has 1 heterocycles. The molecule has 3 nitrogen and oxygen atoms in total. The largest absolute Gasteiger partial charge is 0.491 e. The lowest BCUT2D eigenvalue weighted by Crippen LogP contribution is -2.40. The second-order valence-corrected chi connectivity index (χ2v) is 5.21. The summed E-state index contributed by atoms with van der Waals surface area (Å²) in [6, 6.07) is 17.8. The van der Waals surface area contributed by atoms with Crippen LogP contribution in [0.5, 0.6) is 5.75 Å². The van der Waals surface area contributed by atoms with Gasteiger partial charge in [-0.05, 0) is 31.2 Å². The number of ether oxygens (including phenoxy) is 1. The molecule has 3 heteroatoms. The third-order valence-corrected chi connectivity index (χ3v) is 3.91. The fourth-order valence-electron chi connectivity index (χ4n) is 2.86. The van der Waals surface area contributed by atoms with Crippen LogP contribution < -0.4 is 9.64 Å². The Labute approximate surface area is 125 Å². The lowest BCUT2D eigenvalue weighted by atomic mass is 10.0. The van der Waals surface area contributed by atoms with Crippen LogP contribution in [-0.2, 0) is 0 Å². The molecule has 0 aromatic heterocycles. The number of carbonyl (C=O) groups is 1. The number of hydrogen-bond acceptors (Lipinski definition) is 3. The Hall–Kier alpha value is -2.29. The number of anilines is 1. The molecule has 1 aliphatic heterocycles. The van der Waals surface area contributed by atoms with E-state index in [1.54, 1.807) is 0 Å². The van der Waals surface area contributed by atoms with E-state index in [9.17, 15) is 4.79 Å². The summed E-state index contributed by atoms with van der Waals surface area (Å²) in [6.45, 7) is 3.49. The Kier molecular flexibility index (Phi) is 3.91. The fourth-order valence-corrected chi connectivity index (χ4v) is 2.86. The van der Waals surface area contributed by atoms with Gasteiger partial charge in [0.25, 0.3) is 0 Å². The molecule has 108 valence electrons. The van der Waals surface area contributed by atoms with Crippen molar-refractivity contribution in [1.29, 1.82) is 0 Å². The zero-order chi connectivity index (χ0) is 14.7. The predicted molar refractivity (Wildman–Crippen MR) is 84.1 cm³/mol. The van der Waals surface area contributed by atoms with E-state index in [4.69, 9.17) is 4.74 Å². The van der Waals surface area contributed by atoms with Gasteiger partial charge in [0.2, 0.25) is 0 Å². The molecule has 1 atom stereocenters. The van der Waals surface area contributed by atoms with Gasteiger partial charge >= 0.3 is 0 Å². The van der Waals surface area contributed by atoms with E-state index >= 15 is 0 Å². The zero-order valence-corrected chi connectivity index (χ0v) is 12.2. The molecule has 0 bridgehead atoms. The molecular formula is C18H19NO2. The topological polar surface area (TPSA) is 29.5 Å². The van der Waals surface area contributed by atoms with Crippen LogP contribution in [0.3, 0.4) is 0 Å². The van der Waals surface area contributed by atoms with Crippen molar-refractivity contribution in [1.82, 2.24) is 0 Å². The monoisotopic (exact) mass is 281 g/mol. The average Bonchev–Trinajstić information content (AvgIpc) is 2.69. The van der Waals surface area contributed by atoms with Crippen LogP contribution >= 0.6 is 0 Å². The number of fused-ring (bicyclic) bond motifs is 1. The third-order valence-electron chi connectivity index (χ3n) is 3.91. The van der Waals surface area contributed by atoms with Crippen molar-refractivity contribution in [3.8, 4) is 5.75 Å². The Morgan fingerprint density at radius 3 is 2.57 bits per heavy atom. The van der Waals surface area contributed by atoms with Gasteiger partial charge in [-0.1, -0.05) is 30.3 Å². The summed E-state index contributed by atoms with van der Waals surface area (Å²) < 4.78 is 5.87. The Bertz CT molecular complexity index is 624. The summed E-state index contributed by atoms with van der Waals surface area (Å²) in [5.74, 6) is 0.858. The normalized spacial score (nSPS) is 17.6. The maximum atomic E-state index is 12.5. The maximum absolute atomic E-state index is 12.5. The van der Waals surface area contributed by atoms with Gasteiger partial charge in [-0.2, -0.15) is 0 Å². The number of ketones is 1. The summed E-state index contributed by atoms with van der Waals surface area (Å²) in [5, 5.41) is 0. The van der Waals surface area contributed by atoms with Crippen molar-refractivity contribution in [2.75, 3.05) is 18.1 Å². The lowest BCUT2D eigenvalue weighted by molar-refractivity contribution is 0.0976. The second kappa shape index (κ2) is 6.00. The number of para-hydroxylation sites is 2. The minimum Gasteiger partial charge on any atom is -0.491 e. The highest BCUT2D eigenvalue weighted by molar-refractivity contribution is 5.99. The van der Waals surface area contributed by atoms with Crippen molar-refractivity contribution in [2.45, 2.75) is 19.4 Å². The van der Waals surface area contributed by atoms with Crippen molar-refractivity contribution in [3.63, 3.8) is 0 Å². The Morgan fingerprint density at radius 2 is 1.81 bits per heavy atom. The molecule has 21 heavy (non-hydrogen) atoms. The van der Waals surface area contributed by atoms with E-state index in [0.29, 0.717) is 24.3 Å². The first-order valence-corrected chi connectivity index (χ1v) is 7.36. The molecule has 0 fully saturated rings. The van der Waals surface area contributed by atoms with E-state index in [1.165, 1.54) is 0 Å².